The second-order valence-corrected chi connectivity index (χ2v) is 5.65. The van der Waals surface area contributed by atoms with Gasteiger partial charge in [-0.2, -0.15) is 0 Å². The van der Waals surface area contributed by atoms with Crippen LogP contribution in [0.2, 0.25) is 0 Å². The van der Waals surface area contributed by atoms with Crippen molar-refractivity contribution in [2.75, 3.05) is 20.1 Å². The quantitative estimate of drug-likeness (QED) is 0.467. The zero-order valence-electron chi connectivity index (χ0n) is 13.5. The van der Waals surface area contributed by atoms with E-state index in [4.69, 9.17) is 0 Å². The molecule has 23 heavy (non-hydrogen) atoms. The maximum absolute atomic E-state index is 4.45. The monoisotopic (exact) mass is 421 g/mol. The minimum atomic E-state index is 0. The first-order valence-electron chi connectivity index (χ1n) is 7.93. The largest absolute Gasteiger partial charge is 0.356 e. The molecule has 0 amide bonds. The summed E-state index contributed by atoms with van der Waals surface area (Å²) in [5, 5.41) is 3.49. The van der Waals surface area contributed by atoms with Crippen molar-refractivity contribution in [3.63, 3.8) is 0 Å². The number of nitrogens with one attached hydrogen (secondary N) is 1. The predicted octanol–water partition coefficient (Wildman–Crippen LogP) is 3.48. The number of rotatable bonds is 3. The van der Waals surface area contributed by atoms with Gasteiger partial charge in [0.05, 0.1) is 0 Å². The maximum Gasteiger partial charge on any atom is 0.193 e. The van der Waals surface area contributed by atoms with E-state index >= 15 is 0 Å². The number of aliphatic imine (C=N–C) groups is 1. The number of benzene rings is 2. The van der Waals surface area contributed by atoms with E-state index in [1.165, 1.54) is 16.7 Å². The van der Waals surface area contributed by atoms with E-state index in [-0.39, 0.29) is 24.0 Å². The lowest BCUT2D eigenvalue weighted by molar-refractivity contribution is 0.379. The Kier molecular flexibility index (Phi) is 6.89. The zero-order valence-corrected chi connectivity index (χ0v) is 15.9. The van der Waals surface area contributed by atoms with Crippen LogP contribution in [-0.2, 0) is 19.4 Å². The van der Waals surface area contributed by atoms with Crippen LogP contribution < -0.4 is 5.32 Å². The zero-order chi connectivity index (χ0) is 15.2. The lowest BCUT2D eigenvalue weighted by Crippen LogP contribution is -2.44. The summed E-state index contributed by atoms with van der Waals surface area (Å²) in [5.74, 6) is 1.01. The van der Waals surface area contributed by atoms with Crippen LogP contribution in [-0.4, -0.2) is 31.0 Å². The van der Waals surface area contributed by atoms with E-state index in [9.17, 15) is 0 Å². The van der Waals surface area contributed by atoms with E-state index in [0.29, 0.717) is 0 Å². The third-order valence-electron chi connectivity index (χ3n) is 4.18. The summed E-state index contributed by atoms with van der Waals surface area (Å²) in [7, 11) is 1.87. The van der Waals surface area contributed by atoms with Crippen LogP contribution in [0.3, 0.4) is 0 Å². The molecule has 0 bridgehead atoms. The molecule has 122 valence electrons. The first-order chi connectivity index (χ1) is 10.9. The molecule has 0 saturated carbocycles. The lowest BCUT2D eigenvalue weighted by Gasteiger charge is -2.31. The molecule has 2 aromatic carbocycles. The highest BCUT2D eigenvalue weighted by Gasteiger charge is 2.18. The van der Waals surface area contributed by atoms with Gasteiger partial charge < -0.3 is 10.2 Å². The Morgan fingerprint density at radius 1 is 1.04 bits per heavy atom. The molecule has 0 saturated heterocycles. The molecule has 1 aliphatic rings. The molecule has 0 spiro atoms. The summed E-state index contributed by atoms with van der Waals surface area (Å²) in [6.07, 6.45) is 2.11. The van der Waals surface area contributed by atoms with Gasteiger partial charge in [-0.3, -0.25) is 4.99 Å². The van der Waals surface area contributed by atoms with Crippen LogP contribution in [0.5, 0.6) is 0 Å². The molecule has 1 N–H and O–H groups in total. The Hall–Kier alpha value is -1.56. The smallest absolute Gasteiger partial charge is 0.193 e. The Labute approximate surface area is 155 Å². The van der Waals surface area contributed by atoms with Crippen molar-refractivity contribution in [1.82, 2.24) is 10.2 Å². The minimum Gasteiger partial charge on any atom is -0.356 e. The van der Waals surface area contributed by atoms with Crippen LogP contribution >= 0.6 is 24.0 Å². The summed E-state index contributed by atoms with van der Waals surface area (Å²) in [5.41, 5.74) is 4.24. The van der Waals surface area contributed by atoms with E-state index in [0.717, 1.165) is 38.4 Å². The third kappa shape index (κ3) is 4.70. The number of fused-ring (bicyclic) bond motifs is 1. The Balaban J connectivity index is 0.00000192. The van der Waals surface area contributed by atoms with Crippen molar-refractivity contribution in [2.24, 2.45) is 4.99 Å². The topological polar surface area (TPSA) is 27.6 Å². The molecular weight excluding hydrogens is 397 g/mol. The van der Waals surface area contributed by atoms with Gasteiger partial charge in [0.1, 0.15) is 0 Å². The summed E-state index contributed by atoms with van der Waals surface area (Å²) in [6, 6.07) is 19.3. The molecule has 0 fully saturated rings. The first kappa shape index (κ1) is 17.8. The SMILES string of the molecule is CN=C(NCCc1ccccc1)N1CCc2ccccc2C1.I. The summed E-state index contributed by atoms with van der Waals surface area (Å²) < 4.78 is 0. The van der Waals surface area contributed by atoms with Crippen molar-refractivity contribution in [3.05, 3.63) is 71.3 Å². The first-order valence-corrected chi connectivity index (χ1v) is 7.93. The highest BCUT2D eigenvalue weighted by molar-refractivity contribution is 14.0. The van der Waals surface area contributed by atoms with Crippen molar-refractivity contribution in [2.45, 2.75) is 19.4 Å². The van der Waals surface area contributed by atoms with Gasteiger partial charge in [0, 0.05) is 26.7 Å². The minimum absolute atomic E-state index is 0. The number of hydrogen-bond donors (Lipinski definition) is 1. The van der Waals surface area contributed by atoms with Crippen LogP contribution in [0, 0.1) is 0 Å². The molecule has 0 aliphatic carbocycles. The predicted molar refractivity (Wildman–Crippen MR) is 107 cm³/mol. The van der Waals surface area contributed by atoms with Crippen LogP contribution in [0.15, 0.2) is 59.6 Å². The van der Waals surface area contributed by atoms with Gasteiger partial charge in [-0.25, -0.2) is 0 Å². The average Bonchev–Trinajstić information content (AvgIpc) is 2.59. The molecule has 1 aliphatic heterocycles. The van der Waals surface area contributed by atoms with E-state index in [1.807, 2.05) is 7.05 Å². The molecular formula is C19H24IN3. The van der Waals surface area contributed by atoms with Gasteiger partial charge in [0.25, 0.3) is 0 Å². The Bertz CT molecular complexity index is 640. The fourth-order valence-corrected chi connectivity index (χ4v) is 2.97. The normalized spacial score (nSPS) is 14.0. The Morgan fingerprint density at radius 2 is 1.74 bits per heavy atom. The van der Waals surface area contributed by atoms with Crippen molar-refractivity contribution < 1.29 is 0 Å². The standard InChI is InChI=1S/C19H23N3.HI/c1-20-19(21-13-11-16-7-3-2-4-8-16)22-14-12-17-9-5-6-10-18(17)15-22;/h2-10H,11-15H2,1H3,(H,20,21);1H. The summed E-state index contributed by atoms with van der Waals surface area (Å²) >= 11 is 0. The number of nitrogens with zero attached hydrogens (tertiary/aromatic N) is 2. The molecule has 3 rings (SSSR count). The van der Waals surface area contributed by atoms with Crippen LogP contribution in [0.25, 0.3) is 0 Å². The highest BCUT2D eigenvalue weighted by Crippen LogP contribution is 2.18. The molecule has 1 heterocycles. The number of guanidine groups is 1. The van der Waals surface area contributed by atoms with Crippen molar-refractivity contribution >= 4 is 29.9 Å². The maximum atomic E-state index is 4.45. The molecule has 4 heteroatoms. The Morgan fingerprint density at radius 3 is 2.48 bits per heavy atom. The third-order valence-corrected chi connectivity index (χ3v) is 4.18. The van der Waals surface area contributed by atoms with Gasteiger partial charge in [0.2, 0.25) is 0 Å². The van der Waals surface area contributed by atoms with E-state index < -0.39 is 0 Å². The molecule has 0 unspecified atom stereocenters. The second kappa shape index (κ2) is 8.91. The summed E-state index contributed by atoms with van der Waals surface area (Å²) in [4.78, 5) is 6.79. The second-order valence-electron chi connectivity index (χ2n) is 5.65. The van der Waals surface area contributed by atoms with Gasteiger partial charge in [-0.05, 0) is 29.5 Å². The number of hydrogen-bond acceptors (Lipinski definition) is 1. The van der Waals surface area contributed by atoms with E-state index in [2.05, 4.69) is 69.8 Å². The highest BCUT2D eigenvalue weighted by atomic mass is 127. The molecule has 0 atom stereocenters. The van der Waals surface area contributed by atoms with Crippen LogP contribution in [0.4, 0.5) is 0 Å². The fourth-order valence-electron chi connectivity index (χ4n) is 2.97. The average molecular weight is 421 g/mol. The number of halogens is 1. The fraction of sp³-hybridized carbons (Fsp3) is 0.316. The van der Waals surface area contributed by atoms with Gasteiger partial charge in [0.15, 0.2) is 5.96 Å². The van der Waals surface area contributed by atoms with Gasteiger partial charge in [-0.15, -0.1) is 24.0 Å². The molecule has 0 radical (unpaired) electrons. The molecule has 2 aromatic rings. The van der Waals surface area contributed by atoms with Crippen LogP contribution in [0.1, 0.15) is 16.7 Å². The van der Waals surface area contributed by atoms with E-state index in [1.54, 1.807) is 0 Å². The van der Waals surface area contributed by atoms with Crippen molar-refractivity contribution in [3.8, 4) is 0 Å². The molecule has 3 nitrogen and oxygen atoms in total. The van der Waals surface area contributed by atoms with Gasteiger partial charge in [-0.1, -0.05) is 54.6 Å². The molecule has 0 aromatic heterocycles. The van der Waals surface area contributed by atoms with Gasteiger partial charge >= 0.3 is 0 Å². The summed E-state index contributed by atoms with van der Waals surface area (Å²) in [6.45, 7) is 2.89. The lowest BCUT2D eigenvalue weighted by atomic mass is 10.0. The van der Waals surface area contributed by atoms with Crippen molar-refractivity contribution in [1.29, 1.82) is 0 Å².